The van der Waals surface area contributed by atoms with Crippen LogP contribution in [0.3, 0.4) is 0 Å². The van der Waals surface area contributed by atoms with Gasteiger partial charge in [-0.25, -0.2) is 4.98 Å². The minimum absolute atomic E-state index is 0.0829. The molecule has 0 atom stereocenters. The topological polar surface area (TPSA) is 65.5 Å². The summed E-state index contributed by atoms with van der Waals surface area (Å²) in [7, 11) is 0. The predicted molar refractivity (Wildman–Crippen MR) is 121 cm³/mol. The van der Waals surface area contributed by atoms with Crippen LogP contribution >= 0.6 is 23.2 Å². The quantitative estimate of drug-likeness (QED) is 0.721. The van der Waals surface area contributed by atoms with Crippen molar-refractivity contribution in [1.82, 2.24) is 15.2 Å². The van der Waals surface area contributed by atoms with Crippen LogP contribution < -0.4 is 10.2 Å². The standard InChI is InChI=1S/C22H26Cl2N4O2/c1-15(2)5-6-25-21(29)16-3-4-20(26-14-16)27-7-9-28(10-8-27)22(30)17-11-18(23)13-19(24)12-17/h3-4,11-15H,5-10H2,1-2H3,(H,25,29). The molecular formula is C22H26Cl2N4O2. The Balaban J connectivity index is 1.54. The molecule has 1 fully saturated rings. The third-order valence-corrected chi connectivity index (χ3v) is 5.45. The number of hydrogen-bond donors (Lipinski definition) is 1. The SMILES string of the molecule is CC(C)CCNC(=O)c1ccc(N2CCN(C(=O)c3cc(Cl)cc(Cl)c3)CC2)nc1. The maximum absolute atomic E-state index is 12.7. The zero-order valence-electron chi connectivity index (χ0n) is 17.2. The molecule has 0 radical (unpaired) electrons. The van der Waals surface area contributed by atoms with Crippen LogP contribution in [0, 0.1) is 5.92 Å². The van der Waals surface area contributed by atoms with Crippen LogP contribution in [0.25, 0.3) is 0 Å². The summed E-state index contributed by atoms with van der Waals surface area (Å²) < 4.78 is 0. The highest BCUT2D eigenvalue weighted by molar-refractivity contribution is 6.35. The van der Waals surface area contributed by atoms with Crippen molar-refractivity contribution in [3.63, 3.8) is 0 Å². The smallest absolute Gasteiger partial charge is 0.254 e. The molecule has 2 heterocycles. The number of anilines is 1. The Morgan fingerprint density at radius 3 is 2.27 bits per heavy atom. The number of pyridine rings is 1. The molecule has 2 aromatic rings. The van der Waals surface area contributed by atoms with Crippen LogP contribution in [0.15, 0.2) is 36.5 Å². The lowest BCUT2D eigenvalue weighted by Crippen LogP contribution is -2.49. The normalized spacial score (nSPS) is 14.2. The van der Waals surface area contributed by atoms with E-state index >= 15 is 0 Å². The zero-order valence-corrected chi connectivity index (χ0v) is 18.7. The lowest BCUT2D eigenvalue weighted by molar-refractivity contribution is 0.0746. The average molecular weight is 449 g/mol. The van der Waals surface area contributed by atoms with Gasteiger partial charge < -0.3 is 15.1 Å². The first kappa shape index (κ1) is 22.4. The third kappa shape index (κ3) is 5.86. The fourth-order valence-electron chi connectivity index (χ4n) is 3.28. The number of benzene rings is 1. The molecular weight excluding hydrogens is 423 g/mol. The van der Waals surface area contributed by atoms with Crippen LogP contribution in [0.2, 0.25) is 10.0 Å². The van der Waals surface area contributed by atoms with E-state index in [2.05, 4.69) is 29.0 Å². The second-order valence-electron chi connectivity index (χ2n) is 7.78. The molecule has 1 saturated heterocycles. The van der Waals surface area contributed by atoms with E-state index in [0.717, 1.165) is 12.2 Å². The fraction of sp³-hybridized carbons (Fsp3) is 0.409. The van der Waals surface area contributed by atoms with Crippen molar-refractivity contribution in [1.29, 1.82) is 0 Å². The first-order valence-electron chi connectivity index (χ1n) is 10.1. The molecule has 1 N–H and O–H groups in total. The number of piperazine rings is 1. The van der Waals surface area contributed by atoms with Gasteiger partial charge in [0, 0.05) is 54.5 Å². The van der Waals surface area contributed by atoms with E-state index in [4.69, 9.17) is 23.2 Å². The molecule has 1 aromatic carbocycles. The van der Waals surface area contributed by atoms with Crippen molar-refractivity contribution in [2.45, 2.75) is 20.3 Å². The summed E-state index contributed by atoms with van der Waals surface area (Å²) in [4.78, 5) is 33.2. The second kappa shape index (κ2) is 10.1. The molecule has 2 amide bonds. The van der Waals surface area contributed by atoms with Crippen molar-refractivity contribution in [3.05, 3.63) is 57.7 Å². The highest BCUT2D eigenvalue weighted by Crippen LogP contribution is 2.21. The summed E-state index contributed by atoms with van der Waals surface area (Å²) in [5.74, 6) is 1.16. The van der Waals surface area contributed by atoms with E-state index in [-0.39, 0.29) is 11.8 Å². The molecule has 1 aliphatic heterocycles. The Labute approximate surface area is 187 Å². The van der Waals surface area contributed by atoms with Gasteiger partial charge in [0.15, 0.2) is 0 Å². The minimum Gasteiger partial charge on any atom is -0.353 e. The van der Waals surface area contributed by atoms with Crippen molar-refractivity contribution in [2.75, 3.05) is 37.6 Å². The number of hydrogen-bond acceptors (Lipinski definition) is 4. The van der Waals surface area contributed by atoms with Crippen LogP contribution in [-0.2, 0) is 0 Å². The average Bonchev–Trinajstić information content (AvgIpc) is 2.72. The summed E-state index contributed by atoms with van der Waals surface area (Å²) in [6, 6.07) is 8.52. The van der Waals surface area contributed by atoms with E-state index in [9.17, 15) is 9.59 Å². The predicted octanol–water partition coefficient (Wildman–Crippen LogP) is 4.13. The van der Waals surface area contributed by atoms with Crippen molar-refractivity contribution >= 4 is 40.8 Å². The maximum Gasteiger partial charge on any atom is 0.254 e. The molecule has 0 bridgehead atoms. The van der Waals surface area contributed by atoms with E-state index < -0.39 is 0 Å². The second-order valence-corrected chi connectivity index (χ2v) is 8.65. The molecule has 1 aliphatic rings. The van der Waals surface area contributed by atoms with E-state index in [1.807, 2.05) is 6.07 Å². The van der Waals surface area contributed by atoms with Gasteiger partial charge in [-0.05, 0) is 42.7 Å². The number of carbonyl (C=O) groups is 2. The number of halogens is 2. The molecule has 6 nitrogen and oxygen atoms in total. The van der Waals surface area contributed by atoms with Crippen LogP contribution in [0.1, 0.15) is 41.0 Å². The van der Waals surface area contributed by atoms with E-state index in [0.29, 0.717) is 59.8 Å². The molecule has 8 heteroatoms. The first-order valence-corrected chi connectivity index (χ1v) is 10.8. The lowest BCUT2D eigenvalue weighted by atomic mass is 10.1. The summed E-state index contributed by atoms with van der Waals surface area (Å²) >= 11 is 12.0. The van der Waals surface area contributed by atoms with Gasteiger partial charge in [0.05, 0.1) is 5.56 Å². The third-order valence-electron chi connectivity index (χ3n) is 5.02. The number of aromatic nitrogens is 1. The van der Waals surface area contributed by atoms with Gasteiger partial charge in [0.2, 0.25) is 0 Å². The molecule has 160 valence electrons. The largest absolute Gasteiger partial charge is 0.353 e. The van der Waals surface area contributed by atoms with Crippen molar-refractivity contribution in [2.24, 2.45) is 5.92 Å². The molecule has 0 spiro atoms. The van der Waals surface area contributed by atoms with Crippen LogP contribution in [0.4, 0.5) is 5.82 Å². The zero-order chi connectivity index (χ0) is 21.7. The van der Waals surface area contributed by atoms with Gasteiger partial charge in [0.25, 0.3) is 11.8 Å². The molecule has 1 aromatic heterocycles. The molecule has 3 rings (SSSR count). The van der Waals surface area contributed by atoms with Crippen LogP contribution in [0.5, 0.6) is 0 Å². The minimum atomic E-state index is -0.106. The Hall–Kier alpha value is -2.31. The Morgan fingerprint density at radius 1 is 1.03 bits per heavy atom. The Morgan fingerprint density at radius 2 is 1.70 bits per heavy atom. The van der Waals surface area contributed by atoms with Gasteiger partial charge in [-0.1, -0.05) is 37.0 Å². The fourth-order valence-corrected chi connectivity index (χ4v) is 3.81. The molecule has 30 heavy (non-hydrogen) atoms. The number of rotatable bonds is 6. The number of carbonyl (C=O) groups excluding carboxylic acids is 2. The highest BCUT2D eigenvalue weighted by atomic mass is 35.5. The Bertz CT molecular complexity index is 874. The lowest BCUT2D eigenvalue weighted by Gasteiger charge is -2.35. The number of nitrogens with one attached hydrogen (secondary N) is 1. The molecule has 0 saturated carbocycles. The van der Waals surface area contributed by atoms with Gasteiger partial charge in [0.1, 0.15) is 5.82 Å². The van der Waals surface area contributed by atoms with Crippen LogP contribution in [-0.4, -0.2) is 54.4 Å². The first-order chi connectivity index (χ1) is 14.3. The van der Waals surface area contributed by atoms with Crippen molar-refractivity contribution < 1.29 is 9.59 Å². The summed E-state index contributed by atoms with van der Waals surface area (Å²) in [5, 5.41) is 3.81. The van der Waals surface area contributed by atoms with Gasteiger partial charge in [-0.15, -0.1) is 0 Å². The number of amides is 2. The summed E-state index contributed by atoms with van der Waals surface area (Å²) in [6.07, 6.45) is 2.55. The summed E-state index contributed by atoms with van der Waals surface area (Å²) in [6.45, 7) is 7.37. The summed E-state index contributed by atoms with van der Waals surface area (Å²) in [5.41, 5.74) is 1.04. The van der Waals surface area contributed by atoms with Gasteiger partial charge in [-0.3, -0.25) is 9.59 Å². The van der Waals surface area contributed by atoms with Gasteiger partial charge in [-0.2, -0.15) is 0 Å². The number of nitrogens with zero attached hydrogens (tertiary/aromatic N) is 3. The molecule has 0 aliphatic carbocycles. The van der Waals surface area contributed by atoms with Gasteiger partial charge >= 0.3 is 0 Å². The monoisotopic (exact) mass is 448 g/mol. The Kier molecular flexibility index (Phi) is 7.56. The maximum atomic E-state index is 12.7. The molecule has 0 unspecified atom stereocenters. The highest BCUT2D eigenvalue weighted by Gasteiger charge is 2.23. The van der Waals surface area contributed by atoms with Crippen molar-refractivity contribution in [3.8, 4) is 0 Å². The van der Waals surface area contributed by atoms with E-state index in [1.165, 1.54) is 0 Å². The van der Waals surface area contributed by atoms with E-state index in [1.54, 1.807) is 35.4 Å².